The van der Waals surface area contributed by atoms with E-state index in [1.165, 1.54) is 111 Å². The van der Waals surface area contributed by atoms with Gasteiger partial charge in [-0.25, -0.2) is 0 Å². The van der Waals surface area contributed by atoms with Crippen LogP contribution in [0, 0.1) is 28.7 Å². The summed E-state index contributed by atoms with van der Waals surface area (Å²) in [6.45, 7) is 7.39. The molecule has 0 fully saturated rings. The zero-order valence-electron chi connectivity index (χ0n) is 28.9. The second kappa shape index (κ2) is 14.6. The Morgan fingerprint density at radius 1 is 0.400 bits per heavy atom. The zero-order chi connectivity index (χ0) is 32.8. The van der Waals surface area contributed by atoms with E-state index >= 15 is 0 Å². The molecule has 0 amide bonds. The number of para-hydroxylation sites is 4. The van der Waals surface area contributed by atoms with E-state index < -0.39 is 0 Å². The topological polar surface area (TPSA) is 9.86 Å². The number of aryl methyl sites for hydroxylation is 2. The molecule has 0 aliphatic heterocycles. The summed E-state index contributed by atoms with van der Waals surface area (Å²) in [5.41, 5.74) is 10.2. The van der Waals surface area contributed by atoms with Gasteiger partial charge in [0.25, 0.3) is 0 Å². The van der Waals surface area contributed by atoms with Crippen LogP contribution in [-0.4, -0.2) is 16.0 Å². The predicted molar refractivity (Wildman–Crippen MR) is 216 cm³/mol. The molecule has 8 aromatic carbocycles. The van der Waals surface area contributed by atoms with Gasteiger partial charge >= 0.3 is 30.2 Å². The number of nitrogens with zero attached hydrogens (tertiary/aromatic N) is 2. The first kappa shape index (κ1) is 35.1. The summed E-state index contributed by atoms with van der Waals surface area (Å²) >= 11 is 1.36. The molecule has 0 saturated carbocycles. The van der Waals surface area contributed by atoms with E-state index in [2.05, 4.69) is 188 Å². The van der Waals surface area contributed by atoms with Crippen molar-refractivity contribution in [2.24, 2.45) is 0 Å². The van der Waals surface area contributed by atoms with E-state index in [0.29, 0.717) is 0 Å². The third kappa shape index (κ3) is 5.81. The van der Waals surface area contributed by atoms with Crippen LogP contribution >= 0.6 is 0 Å². The normalized spacial score (nSPS) is 10.8. The van der Waals surface area contributed by atoms with Gasteiger partial charge in [0.2, 0.25) is 0 Å². The Labute approximate surface area is 311 Å². The third-order valence-electron chi connectivity index (χ3n) is 9.39. The van der Waals surface area contributed by atoms with Crippen LogP contribution < -0.4 is 0 Å². The Morgan fingerprint density at radius 2 is 0.700 bits per heavy atom. The first-order chi connectivity index (χ1) is 23.7. The molecule has 2 radical (unpaired) electrons. The van der Waals surface area contributed by atoms with Crippen molar-refractivity contribution in [1.29, 1.82) is 0 Å². The van der Waals surface area contributed by atoms with Gasteiger partial charge in [-0.15, -0.1) is 69.1 Å². The number of hydrogen-bond acceptors (Lipinski definition) is 0. The number of aromatic nitrogens is 2. The number of hydrogen-bond donors (Lipinski definition) is 0. The second-order valence-corrected chi connectivity index (χ2v) is 12.4. The Morgan fingerprint density at radius 3 is 1.02 bits per heavy atom. The van der Waals surface area contributed by atoms with Crippen LogP contribution in [0.4, 0.5) is 0 Å². The van der Waals surface area contributed by atoms with Crippen molar-refractivity contribution in [3.8, 4) is 11.4 Å². The first-order valence-electron chi connectivity index (χ1n) is 16.2. The molecule has 0 bridgehead atoms. The van der Waals surface area contributed by atoms with Crippen molar-refractivity contribution in [1.82, 2.24) is 9.13 Å². The number of rotatable bonds is 2. The summed E-state index contributed by atoms with van der Waals surface area (Å²) in [6, 6.07) is 56.9. The van der Waals surface area contributed by atoms with Gasteiger partial charge in [0.05, 0.1) is 22.1 Å². The quantitative estimate of drug-likeness (QED) is 0.123. The SMILES string of the molecule is Cc1cc2c(-n3c4ccccc4c4ccccc43)cccc2[cH-]1.Cc1cc2c(-n3c4ccccc4c4ccccc43)cccc2[cH-]1.[CH3-].[CH3-].[Si]=[Zr]. The predicted octanol–water partition coefficient (Wildman–Crippen LogP) is 12.4. The molecule has 2 heterocycles. The molecule has 0 saturated heterocycles. The molecule has 50 heavy (non-hydrogen) atoms. The van der Waals surface area contributed by atoms with Crippen molar-refractivity contribution in [3.05, 3.63) is 184 Å². The van der Waals surface area contributed by atoms with Gasteiger partial charge in [0.15, 0.2) is 0 Å². The van der Waals surface area contributed by atoms with Crippen LogP contribution in [0.25, 0.3) is 76.5 Å². The van der Waals surface area contributed by atoms with E-state index in [4.69, 9.17) is 0 Å². The Balaban J connectivity index is 0.000000159. The Bertz CT molecular complexity index is 2460. The molecular weight excluding hydrogens is 700 g/mol. The Hall–Kier alpha value is -4.76. The van der Waals surface area contributed by atoms with Crippen molar-refractivity contribution in [2.45, 2.75) is 13.8 Å². The van der Waals surface area contributed by atoms with Crippen molar-refractivity contribution >= 4 is 72.0 Å². The van der Waals surface area contributed by atoms with Crippen molar-refractivity contribution < 1.29 is 23.3 Å². The first-order valence-corrected chi connectivity index (χ1v) is 20.4. The second-order valence-electron chi connectivity index (χ2n) is 12.4. The van der Waals surface area contributed by atoms with Crippen LogP contribution in [0.2, 0.25) is 0 Å². The fourth-order valence-corrected chi connectivity index (χ4v) is 7.49. The van der Waals surface area contributed by atoms with Gasteiger partial charge in [-0.3, -0.25) is 0 Å². The third-order valence-corrected chi connectivity index (χ3v) is 9.39. The number of fused-ring (bicyclic) bond motifs is 8. The van der Waals surface area contributed by atoms with Gasteiger partial charge in [-0.2, -0.15) is 12.1 Å². The molecule has 0 unspecified atom stereocenters. The molecule has 10 rings (SSSR count). The van der Waals surface area contributed by atoms with E-state index in [1.807, 2.05) is 0 Å². The van der Waals surface area contributed by atoms with Gasteiger partial charge in [0.1, 0.15) is 0 Å². The van der Waals surface area contributed by atoms with E-state index in [-0.39, 0.29) is 14.9 Å². The van der Waals surface area contributed by atoms with Crippen LogP contribution in [0.15, 0.2) is 158 Å². The molecule has 0 N–H and O–H groups in total. The zero-order valence-corrected chi connectivity index (χ0v) is 32.4. The summed E-state index contributed by atoms with van der Waals surface area (Å²) in [5.74, 6) is 0. The average molecular weight is 738 g/mol. The molecule has 0 spiro atoms. The maximum absolute atomic E-state index is 3.06. The molecule has 0 aliphatic carbocycles. The van der Waals surface area contributed by atoms with Gasteiger partial charge < -0.3 is 24.0 Å². The van der Waals surface area contributed by atoms with Crippen LogP contribution in [-0.2, 0) is 23.3 Å². The minimum absolute atomic E-state index is 0. The van der Waals surface area contributed by atoms with Crippen LogP contribution in [0.5, 0.6) is 0 Å². The molecule has 2 aromatic heterocycles. The molecule has 0 aliphatic rings. The molecular formula is C46H38N2SiZr-4. The van der Waals surface area contributed by atoms with E-state index in [9.17, 15) is 0 Å². The summed E-state index contributed by atoms with van der Waals surface area (Å²) < 4.78 is 4.79. The molecule has 244 valence electrons. The van der Waals surface area contributed by atoms with Crippen LogP contribution in [0.3, 0.4) is 0 Å². The number of benzene rings is 6. The fraction of sp³-hybridized carbons (Fsp3) is 0.0435. The maximum atomic E-state index is 3.06. The average Bonchev–Trinajstić information content (AvgIpc) is 3.88. The molecule has 10 aromatic rings. The van der Waals surface area contributed by atoms with Crippen molar-refractivity contribution in [3.63, 3.8) is 0 Å². The van der Waals surface area contributed by atoms with E-state index in [0.717, 1.165) is 0 Å². The minimum atomic E-state index is 0. The molecule has 4 heteroatoms. The summed E-state index contributed by atoms with van der Waals surface area (Å²) in [5, 5.41) is 10.5. The summed E-state index contributed by atoms with van der Waals surface area (Å²) in [4.78, 5) is 0. The molecule has 2 nitrogen and oxygen atoms in total. The van der Waals surface area contributed by atoms with Crippen LogP contribution in [0.1, 0.15) is 11.1 Å². The van der Waals surface area contributed by atoms with Gasteiger partial charge in [-0.1, -0.05) is 98.8 Å². The molecule has 0 atom stereocenters. The summed E-state index contributed by atoms with van der Waals surface area (Å²) in [7, 11) is 0. The fourth-order valence-electron chi connectivity index (χ4n) is 7.49. The van der Waals surface area contributed by atoms with Crippen molar-refractivity contribution in [2.75, 3.05) is 0 Å². The standard InChI is InChI=1S/2C22H16N.2CH3.Si.Zr/c2*1-15-13-16-7-6-12-22(19(16)14-15)23-20-10-4-2-8-17(20)18-9-3-5-11-21(18)23;;;;/h2*2-14H,1H3;2*1H3;;/q4*-1;;. The van der Waals surface area contributed by atoms with Gasteiger partial charge in [0, 0.05) is 32.9 Å². The summed E-state index contributed by atoms with van der Waals surface area (Å²) in [6.07, 6.45) is 0. The monoisotopic (exact) mass is 736 g/mol. The Kier molecular flexibility index (Phi) is 10.3. The van der Waals surface area contributed by atoms with E-state index in [1.54, 1.807) is 0 Å². The van der Waals surface area contributed by atoms with Gasteiger partial charge in [-0.05, 0) is 24.3 Å².